The molecule has 0 bridgehead atoms. The molecule has 1 atom stereocenters. The van der Waals surface area contributed by atoms with Gasteiger partial charge in [0.1, 0.15) is 0 Å². The number of hydrogen-bond donors (Lipinski definition) is 3. The molecular weight excluding hydrogens is 619 g/mol. The predicted molar refractivity (Wildman–Crippen MR) is 206 cm³/mol. The maximum atomic E-state index is 9.50. The summed E-state index contributed by atoms with van der Waals surface area (Å²) < 4.78 is 19.6. The van der Waals surface area contributed by atoms with Gasteiger partial charge in [0.2, 0.25) is 0 Å². The molecule has 0 spiro atoms. The van der Waals surface area contributed by atoms with Gasteiger partial charge < -0.3 is 33.1 Å². The second-order valence-corrected chi connectivity index (χ2v) is 17.5. The molecule has 0 aromatic heterocycles. The van der Waals surface area contributed by atoms with Crippen LogP contribution in [-0.2, 0) is 13.3 Å². The van der Waals surface area contributed by atoms with E-state index in [4.69, 9.17) is 13.3 Å². The van der Waals surface area contributed by atoms with Crippen molar-refractivity contribution < 1.29 is 33.1 Å². The van der Waals surface area contributed by atoms with Gasteiger partial charge >= 0.3 is 8.80 Å². The lowest BCUT2D eigenvalue weighted by atomic mass is 10.0. The van der Waals surface area contributed by atoms with Gasteiger partial charge in [-0.2, -0.15) is 0 Å². The zero-order valence-corrected chi connectivity index (χ0v) is 33.7. The van der Waals surface area contributed by atoms with Crippen molar-refractivity contribution >= 4 is 8.80 Å². The monoisotopic (exact) mass is 705 g/mol. The fourth-order valence-electron chi connectivity index (χ4n) is 6.81. The molecule has 0 rings (SSSR count). The summed E-state index contributed by atoms with van der Waals surface area (Å²) >= 11 is 0. The number of aliphatic hydroxyl groups is 3. The molecule has 0 saturated carbocycles. The van der Waals surface area contributed by atoms with E-state index in [1.54, 1.807) is 0 Å². The average Bonchev–Trinajstić information content (AvgIpc) is 3.08. The van der Waals surface area contributed by atoms with Crippen molar-refractivity contribution in [1.29, 1.82) is 0 Å². The largest absolute Gasteiger partial charge is 0.501 e. The van der Waals surface area contributed by atoms with Crippen molar-refractivity contribution in [2.75, 3.05) is 66.3 Å². The van der Waals surface area contributed by atoms with Gasteiger partial charge in [-0.3, -0.25) is 0 Å². The van der Waals surface area contributed by atoms with Crippen LogP contribution in [0.1, 0.15) is 187 Å². The summed E-state index contributed by atoms with van der Waals surface area (Å²) in [7, 11) is -0.572. The van der Waals surface area contributed by atoms with E-state index < -0.39 is 8.80 Å². The summed E-state index contributed by atoms with van der Waals surface area (Å²) in [5, 5.41) is 28.2. The van der Waals surface area contributed by atoms with E-state index in [-0.39, 0.29) is 26.4 Å². The Morgan fingerprint density at radius 1 is 0.375 bits per heavy atom. The Labute approximate surface area is 300 Å². The second-order valence-electron chi connectivity index (χ2n) is 14.8. The fraction of sp³-hybridized carbons (Fsp3) is 1.00. The number of hydrogen-bond acceptors (Lipinski definition) is 6. The smallest absolute Gasteiger partial charge is 0.396 e. The highest BCUT2D eigenvalue weighted by atomic mass is 28.4. The molecular formula is C40H86NO6Si+. The highest BCUT2D eigenvalue weighted by Gasteiger charge is 2.41. The minimum Gasteiger partial charge on any atom is -0.396 e. The number of unbranched alkanes of at least 4 members (excludes halogenated alkanes) is 22. The first kappa shape index (κ1) is 47.9. The van der Waals surface area contributed by atoms with Crippen LogP contribution in [0.5, 0.6) is 0 Å². The average molecular weight is 705 g/mol. The molecule has 0 amide bonds. The Morgan fingerprint density at radius 3 is 1.02 bits per heavy atom. The first-order valence-corrected chi connectivity index (χ1v) is 23.0. The zero-order valence-electron chi connectivity index (χ0n) is 32.7. The van der Waals surface area contributed by atoms with Gasteiger partial charge in [0.25, 0.3) is 0 Å². The fourth-order valence-corrected chi connectivity index (χ4v) is 9.40. The van der Waals surface area contributed by atoms with Crippen molar-refractivity contribution in [1.82, 2.24) is 0 Å². The lowest BCUT2D eigenvalue weighted by Crippen LogP contribution is -2.50. The predicted octanol–water partition coefficient (Wildman–Crippen LogP) is 9.97. The molecule has 1 unspecified atom stereocenters. The SMILES string of the molecule is CCCCCCCCCCCCCCCCCC[N+](C)(CCCCCCCCCC)CCC[Si](OCCO)(OCCCO)OCCCO. The molecule has 0 aromatic carbocycles. The summed E-state index contributed by atoms with van der Waals surface area (Å²) in [6.07, 6.45) is 35.2. The molecule has 0 saturated heterocycles. The van der Waals surface area contributed by atoms with Crippen molar-refractivity contribution in [2.45, 2.75) is 193 Å². The molecule has 0 radical (unpaired) electrons. The molecule has 3 N–H and O–H groups in total. The number of aliphatic hydroxyl groups excluding tert-OH is 3. The van der Waals surface area contributed by atoms with E-state index in [9.17, 15) is 15.3 Å². The summed E-state index contributed by atoms with van der Waals surface area (Å²) in [6, 6.07) is 0.702. The van der Waals surface area contributed by atoms with E-state index in [2.05, 4.69) is 20.9 Å². The second kappa shape index (κ2) is 36.7. The van der Waals surface area contributed by atoms with Gasteiger partial charge in [0, 0.05) is 38.9 Å². The highest BCUT2D eigenvalue weighted by Crippen LogP contribution is 2.22. The van der Waals surface area contributed by atoms with Crippen LogP contribution in [0.2, 0.25) is 6.04 Å². The van der Waals surface area contributed by atoms with Crippen molar-refractivity contribution in [3.63, 3.8) is 0 Å². The van der Waals surface area contributed by atoms with Gasteiger partial charge in [-0.1, -0.05) is 142 Å². The zero-order chi connectivity index (χ0) is 35.3. The van der Waals surface area contributed by atoms with Crippen LogP contribution in [0, 0.1) is 0 Å². The van der Waals surface area contributed by atoms with Crippen LogP contribution in [0.4, 0.5) is 0 Å². The van der Waals surface area contributed by atoms with Crippen molar-refractivity contribution in [2.24, 2.45) is 0 Å². The third kappa shape index (κ3) is 30.7. The molecule has 290 valence electrons. The first-order valence-electron chi connectivity index (χ1n) is 21.1. The van der Waals surface area contributed by atoms with Gasteiger partial charge in [-0.15, -0.1) is 0 Å². The number of quaternary nitrogens is 1. The molecule has 0 aliphatic heterocycles. The van der Waals surface area contributed by atoms with Crippen molar-refractivity contribution in [3.8, 4) is 0 Å². The third-order valence-electron chi connectivity index (χ3n) is 9.95. The molecule has 0 aliphatic rings. The number of nitrogens with zero attached hydrogens (tertiary/aromatic N) is 1. The topological polar surface area (TPSA) is 88.4 Å². The van der Waals surface area contributed by atoms with E-state index in [1.165, 1.54) is 167 Å². The molecule has 0 aliphatic carbocycles. The third-order valence-corrected chi connectivity index (χ3v) is 12.8. The Balaban J connectivity index is 4.70. The van der Waals surface area contributed by atoms with E-state index >= 15 is 0 Å². The van der Waals surface area contributed by atoms with Gasteiger partial charge in [0.05, 0.1) is 39.9 Å². The van der Waals surface area contributed by atoms with Crippen LogP contribution in [0.3, 0.4) is 0 Å². The quantitative estimate of drug-likeness (QED) is 0.0334. The highest BCUT2D eigenvalue weighted by molar-refractivity contribution is 6.60. The standard InChI is InChI=1S/C40H86NO6Si/c1-4-6-8-10-12-14-15-16-17-18-19-20-21-23-25-27-32-41(3,31-26-24-22-13-11-9-7-5-2)33-28-40-48(47-39-36-44,45-37-29-34-42)46-38-30-35-43/h42-44H,4-40H2,1-3H3/q+1. The first-order chi connectivity index (χ1) is 23.5. The molecule has 48 heavy (non-hydrogen) atoms. The molecule has 0 fully saturated rings. The van der Waals surface area contributed by atoms with Crippen LogP contribution in [-0.4, -0.2) is 94.9 Å². The van der Waals surface area contributed by atoms with Crippen LogP contribution in [0.15, 0.2) is 0 Å². The minimum atomic E-state index is -3.02. The molecule has 7 nitrogen and oxygen atoms in total. The Morgan fingerprint density at radius 2 is 0.688 bits per heavy atom. The van der Waals surface area contributed by atoms with Gasteiger partial charge in [-0.25, -0.2) is 0 Å². The summed E-state index contributed by atoms with van der Waals surface area (Å²) in [5.74, 6) is 0. The summed E-state index contributed by atoms with van der Waals surface area (Å²) in [6.45, 7) is 9.09. The Bertz CT molecular complexity index is 621. The maximum absolute atomic E-state index is 9.50. The van der Waals surface area contributed by atoms with Crippen molar-refractivity contribution in [3.05, 3.63) is 0 Å². The van der Waals surface area contributed by atoms with Gasteiger partial charge in [0.15, 0.2) is 0 Å². The molecule has 0 heterocycles. The lowest BCUT2D eigenvalue weighted by Gasteiger charge is -2.36. The molecule has 8 heteroatoms. The normalized spacial score (nSPS) is 13.4. The van der Waals surface area contributed by atoms with E-state index in [0.717, 1.165) is 17.4 Å². The Hall–Kier alpha value is -0.0631. The summed E-state index contributed by atoms with van der Waals surface area (Å²) in [4.78, 5) is 0. The van der Waals surface area contributed by atoms with Crippen LogP contribution in [0.25, 0.3) is 0 Å². The number of rotatable bonds is 41. The summed E-state index contributed by atoms with van der Waals surface area (Å²) in [5.41, 5.74) is 0. The minimum absolute atomic E-state index is 0.0635. The molecule has 0 aromatic rings. The lowest BCUT2D eigenvalue weighted by molar-refractivity contribution is -0.910. The Kier molecular flexibility index (Phi) is 36.7. The van der Waals surface area contributed by atoms with Crippen LogP contribution < -0.4 is 0 Å². The van der Waals surface area contributed by atoms with E-state index in [1.807, 2.05) is 0 Å². The van der Waals surface area contributed by atoms with Crippen LogP contribution >= 0.6 is 0 Å². The maximum Gasteiger partial charge on any atom is 0.501 e. The van der Waals surface area contributed by atoms with E-state index in [0.29, 0.717) is 32.1 Å². The van der Waals surface area contributed by atoms with Gasteiger partial charge in [-0.05, 0) is 38.5 Å².